The molecule has 1 amide bonds. The molecule has 0 aromatic heterocycles. The second-order valence-electron chi connectivity index (χ2n) is 9.29. The number of hydrogen-bond acceptors (Lipinski definition) is 5. The van der Waals surface area contributed by atoms with Crippen LogP contribution in [0.15, 0.2) is 41.3 Å². The maximum Gasteiger partial charge on any atom is 0.318 e. The minimum Gasteiger partial charge on any atom is -0.480 e. The monoisotopic (exact) mass is 507 g/mol. The van der Waals surface area contributed by atoms with Gasteiger partial charge >= 0.3 is 5.97 Å². The molecule has 8 nitrogen and oxygen atoms in total. The van der Waals surface area contributed by atoms with Crippen LogP contribution >= 0.6 is 11.6 Å². The van der Waals surface area contributed by atoms with Gasteiger partial charge in [-0.1, -0.05) is 23.7 Å². The highest BCUT2D eigenvalue weighted by Gasteiger charge is 2.45. The molecule has 10 heteroatoms. The van der Waals surface area contributed by atoms with Crippen LogP contribution in [0.5, 0.6) is 0 Å². The summed E-state index contributed by atoms with van der Waals surface area (Å²) in [6, 6.07) is 9.14. The molecule has 4 rings (SSSR count). The molecular weight excluding hydrogens is 478 g/mol. The quantitative estimate of drug-likeness (QED) is 0.618. The molecule has 2 heterocycles. The Morgan fingerprint density at radius 3 is 2.38 bits per heavy atom. The van der Waals surface area contributed by atoms with E-state index < -0.39 is 28.6 Å². The Morgan fingerprint density at radius 1 is 1.09 bits per heavy atom. The number of likely N-dealkylation sites (tertiary alicyclic amines) is 2. The Kier molecular flexibility index (Phi) is 7.19. The number of halogens is 1. The standard InChI is InChI=1S/C24H30ClN3O5S/c1-16(2)26-10-7-20(8-11-26)27-12-9-22(24(27)31)28(15-23(29)30)34(32,33)21-6-4-17-13-19(25)5-3-18(17)14-21/h3-6,13-14,16,20,22H,7-12,15H2,1-2H3,(H,29,30)/t22-/m0/s1. The molecule has 0 aliphatic carbocycles. The number of piperidine rings is 1. The molecule has 0 saturated carbocycles. The van der Waals surface area contributed by atoms with Crippen molar-refractivity contribution in [3.63, 3.8) is 0 Å². The van der Waals surface area contributed by atoms with E-state index in [-0.39, 0.29) is 23.3 Å². The number of rotatable bonds is 7. The molecule has 2 fully saturated rings. The van der Waals surface area contributed by atoms with E-state index >= 15 is 0 Å². The van der Waals surface area contributed by atoms with Crippen LogP contribution in [-0.2, 0) is 19.6 Å². The van der Waals surface area contributed by atoms with Crippen molar-refractivity contribution in [2.24, 2.45) is 0 Å². The molecule has 2 saturated heterocycles. The van der Waals surface area contributed by atoms with Gasteiger partial charge in [-0.05, 0) is 68.1 Å². The first kappa shape index (κ1) is 24.9. The van der Waals surface area contributed by atoms with E-state index in [4.69, 9.17) is 11.6 Å². The van der Waals surface area contributed by atoms with Crippen molar-refractivity contribution in [2.45, 2.75) is 56.1 Å². The molecule has 1 N–H and O–H groups in total. The Bertz CT molecular complexity index is 1190. The number of aliphatic carboxylic acids is 1. The first-order valence-corrected chi connectivity index (χ1v) is 13.4. The fraction of sp³-hybridized carbons (Fsp3) is 0.500. The number of nitrogens with zero attached hydrogens (tertiary/aromatic N) is 3. The van der Waals surface area contributed by atoms with E-state index in [1.54, 1.807) is 29.2 Å². The van der Waals surface area contributed by atoms with Crippen LogP contribution in [0, 0.1) is 0 Å². The number of carbonyl (C=O) groups excluding carboxylic acids is 1. The smallest absolute Gasteiger partial charge is 0.318 e. The number of amides is 1. The normalized spacial score (nSPS) is 20.7. The number of carbonyl (C=O) groups is 2. The van der Waals surface area contributed by atoms with Gasteiger partial charge in [-0.15, -0.1) is 0 Å². The number of fused-ring (bicyclic) bond motifs is 1. The fourth-order valence-electron chi connectivity index (χ4n) is 5.02. The molecule has 34 heavy (non-hydrogen) atoms. The Hall–Kier alpha value is -2.20. The van der Waals surface area contributed by atoms with E-state index in [1.165, 1.54) is 12.1 Å². The predicted molar refractivity (Wildman–Crippen MR) is 130 cm³/mol. The van der Waals surface area contributed by atoms with Gasteiger partial charge in [-0.3, -0.25) is 9.59 Å². The van der Waals surface area contributed by atoms with Crippen LogP contribution in [0.4, 0.5) is 0 Å². The zero-order chi connectivity index (χ0) is 24.6. The third-order valence-electron chi connectivity index (χ3n) is 6.90. The van der Waals surface area contributed by atoms with Crippen LogP contribution < -0.4 is 0 Å². The highest BCUT2D eigenvalue weighted by molar-refractivity contribution is 7.89. The minimum atomic E-state index is -4.22. The second kappa shape index (κ2) is 9.81. The number of benzene rings is 2. The zero-order valence-electron chi connectivity index (χ0n) is 19.4. The van der Waals surface area contributed by atoms with Crippen LogP contribution in [0.1, 0.15) is 33.1 Å². The lowest BCUT2D eigenvalue weighted by Gasteiger charge is -2.38. The highest BCUT2D eigenvalue weighted by atomic mass is 35.5. The van der Waals surface area contributed by atoms with Gasteiger partial charge in [0.1, 0.15) is 12.6 Å². The Balaban J connectivity index is 1.59. The van der Waals surface area contributed by atoms with Crippen molar-refractivity contribution >= 4 is 44.3 Å². The lowest BCUT2D eigenvalue weighted by atomic mass is 10.0. The Labute approximate surface area is 205 Å². The molecule has 1 atom stereocenters. The van der Waals surface area contributed by atoms with Gasteiger partial charge in [0, 0.05) is 36.7 Å². The minimum absolute atomic E-state index is 0.0416. The second-order valence-corrected chi connectivity index (χ2v) is 11.6. The number of hydrogen-bond donors (Lipinski definition) is 1. The van der Waals surface area contributed by atoms with Crippen molar-refractivity contribution < 1.29 is 23.1 Å². The first-order chi connectivity index (χ1) is 16.1. The summed E-state index contributed by atoms with van der Waals surface area (Å²) in [5, 5.41) is 11.5. The van der Waals surface area contributed by atoms with Crippen LogP contribution in [0.2, 0.25) is 5.02 Å². The largest absolute Gasteiger partial charge is 0.480 e. The van der Waals surface area contributed by atoms with Crippen LogP contribution in [0.3, 0.4) is 0 Å². The summed E-state index contributed by atoms with van der Waals surface area (Å²) in [5.74, 6) is -1.60. The lowest BCUT2D eigenvalue weighted by molar-refractivity contribution is -0.139. The maximum absolute atomic E-state index is 13.6. The molecule has 2 aliphatic rings. The molecular formula is C24H30ClN3O5S. The molecule has 0 radical (unpaired) electrons. The summed E-state index contributed by atoms with van der Waals surface area (Å²) >= 11 is 6.02. The number of sulfonamides is 1. The van der Waals surface area contributed by atoms with Crippen molar-refractivity contribution in [3.05, 3.63) is 41.4 Å². The lowest BCUT2D eigenvalue weighted by Crippen LogP contribution is -2.51. The van der Waals surface area contributed by atoms with Gasteiger partial charge in [0.05, 0.1) is 4.90 Å². The van der Waals surface area contributed by atoms with Crippen molar-refractivity contribution in [2.75, 3.05) is 26.2 Å². The van der Waals surface area contributed by atoms with Gasteiger partial charge in [-0.25, -0.2) is 8.42 Å². The van der Waals surface area contributed by atoms with Gasteiger partial charge in [0.15, 0.2) is 0 Å². The van der Waals surface area contributed by atoms with Gasteiger partial charge in [-0.2, -0.15) is 4.31 Å². The van der Waals surface area contributed by atoms with E-state index in [9.17, 15) is 23.1 Å². The molecule has 0 unspecified atom stereocenters. The average molecular weight is 508 g/mol. The summed E-state index contributed by atoms with van der Waals surface area (Å²) in [6.45, 7) is 5.72. The van der Waals surface area contributed by atoms with Crippen LogP contribution in [0.25, 0.3) is 10.8 Å². The molecule has 184 valence electrons. The van der Waals surface area contributed by atoms with E-state index in [1.807, 2.05) is 0 Å². The van der Waals surface area contributed by atoms with Crippen LogP contribution in [-0.4, -0.2) is 83.8 Å². The number of carboxylic acids is 1. The molecule has 2 aromatic carbocycles. The molecule has 2 aliphatic heterocycles. The summed E-state index contributed by atoms with van der Waals surface area (Å²) in [4.78, 5) is 29.1. The number of carboxylic acid groups (broad SMARTS) is 1. The van der Waals surface area contributed by atoms with E-state index in [0.717, 1.165) is 35.6 Å². The SMILES string of the molecule is CC(C)N1CCC(N2CC[C@H](N(CC(=O)O)S(=O)(=O)c3ccc4cc(Cl)ccc4c3)C2=O)CC1. The summed E-state index contributed by atoms with van der Waals surface area (Å²) in [7, 11) is -4.22. The molecule has 2 aromatic rings. The summed E-state index contributed by atoms with van der Waals surface area (Å²) in [5.41, 5.74) is 0. The topological polar surface area (TPSA) is 98.2 Å². The van der Waals surface area contributed by atoms with Crippen molar-refractivity contribution in [1.82, 2.24) is 14.1 Å². The summed E-state index contributed by atoms with van der Waals surface area (Å²) < 4.78 is 28.0. The maximum atomic E-state index is 13.6. The van der Waals surface area contributed by atoms with Crippen molar-refractivity contribution in [3.8, 4) is 0 Å². The summed E-state index contributed by atoms with van der Waals surface area (Å²) in [6.07, 6.45) is 1.93. The van der Waals surface area contributed by atoms with Gasteiger partial charge in [0.2, 0.25) is 15.9 Å². The van der Waals surface area contributed by atoms with E-state index in [2.05, 4.69) is 18.7 Å². The predicted octanol–water partition coefficient (Wildman–Crippen LogP) is 3.04. The van der Waals surface area contributed by atoms with Crippen molar-refractivity contribution in [1.29, 1.82) is 0 Å². The molecule has 0 spiro atoms. The first-order valence-electron chi connectivity index (χ1n) is 11.6. The third kappa shape index (κ3) is 4.93. The Morgan fingerprint density at radius 2 is 1.74 bits per heavy atom. The van der Waals surface area contributed by atoms with Gasteiger partial charge in [0.25, 0.3) is 0 Å². The zero-order valence-corrected chi connectivity index (χ0v) is 20.9. The van der Waals surface area contributed by atoms with E-state index in [0.29, 0.717) is 23.0 Å². The third-order valence-corrected chi connectivity index (χ3v) is 8.99. The average Bonchev–Trinajstić information content (AvgIpc) is 3.17. The fourth-order valence-corrected chi connectivity index (χ4v) is 6.79. The van der Waals surface area contributed by atoms with Gasteiger partial charge < -0.3 is 14.9 Å². The highest BCUT2D eigenvalue weighted by Crippen LogP contribution is 2.30. The molecule has 0 bridgehead atoms.